The number of carbonyl (C=O) groups excluding carboxylic acids is 4. The molecule has 2 aliphatic heterocycles. The summed E-state index contributed by atoms with van der Waals surface area (Å²) in [6.07, 6.45) is 2.97. The molecule has 2 aromatic heterocycles. The lowest BCUT2D eigenvalue weighted by Crippen LogP contribution is -2.51. The maximum absolute atomic E-state index is 14.0. The molecule has 16 heteroatoms. The predicted octanol–water partition coefficient (Wildman–Crippen LogP) is 7.26. The molecule has 0 bridgehead atoms. The summed E-state index contributed by atoms with van der Waals surface area (Å²) >= 11 is 0. The minimum Gasteiger partial charge on any atom is -0.488 e. The first-order valence-corrected chi connectivity index (χ1v) is 21.8. The van der Waals surface area contributed by atoms with Crippen LogP contribution in [-0.4, -0.2) is 94.9 Å². The number of aromatic nitrogens is 4. The third-order valence-electron chi connectivity index (χ3n) is 12.0. The average Bonchev–Trinajstić information content (AvgIpc) is 4.10. The average molecular weight is 871 g/mol. The standard InChI is InChI=1S/C48H54N8O8/c1-6-63-32(24-50-45(57)41(27(2)3)54-47(59)61-4)16-19-40-51-36-18-15-29-22-35-33-17-14-30(21-31(33)26-64-39(35)23-34(29)43(36)53-40)37-25-49-44(52-37)38-13-10-20-56(38)46(58)42(55-48(60)62-5)28-11-8-7-9-12-28/h7-9,11-12,14-15,17-18,21-23,25,27,32,38,41-42H,6,10,13,16,19-20,24,26H2,1-5H3,(H,49,52)(H,50,57)(H,51,53)(H,54,59)(H,55,60). The van der Waals surface area contributed by atoms with E-state index in [0.29, 0.717) is 44.0 Å². The van der Waals surface area contributed by atoms with Crippen LogP contribution in [0.15, 0.2) is 79.0 Å². The van der Waals surface area contributed by atoms with Gasteiger partial charge in [-0.2, -0.15) is 0 Å². The number of rotatable bonds is 15. The van der Waals surface area contributed by atoms with Gasteiger partial charge in [0.1, 0.15) is 36.1 Å². The molecule has 16 nitrogen and oxygen atoms in total. The molecule has 0 saturated carbocycles. The Morgan fingerprint density at radius 2 is 1.73 bits per heavy atom. The number of ether oxygens (including phenoxy) is 4. The lowest BCUT2D eigenvalue weighted by atomic mass is 9.92. The highest BCUT2D eigenvalue weighted by Crippen LogP contribution is 2.43. The van der Waals surface area contributed by atoms with Gasteiger partial charge in [0.2, 0.25) is 5.91 Å². The molecule has 334 valence electrons. The number of alkyl carbamates (subject to hydrolysis) is 2. The maximum Gasteiger partial charge on any atom is 0.407 e. The Morgan fingerprint density at radius 3 is 2.50 bits per heavy atom. The third-order valence-corrected chi connectivity index (χ3v) is 12.0. The summed E-state index contributed by atoms with van der Waals surface area (Å²) in [5.74, 6) is 1.63. The fourth-order valence-electron chi connectivity index (χ4n) is 8.69. The number of amides is 4. The molecular formula is C48H54N8O8. The molecule has 4 amide bonds. The van der Waals surface area contributed by atoms with Crippen LogP contribution in [0.1, 0.15) is 74.9 Å². The van der Waals surface area contributed by atoms with Gasteiger partial charge in [-0.15, -0.1) is 0 Å². The van der Waals surface area contributed by atoms with Gasteiger partial charge in [-0.3, -0.25) is 9.59 Å². The summed E-state index contributed by atoms with van der Waals surface area (Å²) < 4.78 is 21.9. The maximum atomic E-state index is 14.0. The fourth-order valence-corrected chi connectivity index (χ4v) is 8.69. The molecule has 1 fully saturated rings. The van der Waals surface area contributed by atoms with Crippen LogP contribution in [0.2, 0.25) is 0 Å². The van der Waals surface area contributed by atoms with Crippen molar-refractivity contribution in [2.75, 3.05) is 33.9 Å². The van der Waals surface area contributed by atoms with E-state index in [1.165, 1.54) is 14.2 Å². The summed E-state index contributed by atoms with van der Waals surface area (Å²) in [5, 5.41) is 10.3. The molecule has 4 atom stereocenters. The number of methoxy groups -OCH3 is 2. The van der Waals surface area contributed by atoms with Crippen molar-refractivity contribution in [3.8, 4) is 28.1 Å². The molecule has 1 saturated heterocycles. The highest BCUT2D eigenvalue weighted by molar-refractivity contribution is 6.07. The van der Waals surface area contributed by atoms with Gasteiger partial charge in [-0.1, -0.05) is 62.4 Å². The SMILES string of the molecule is CCOC(CCc1nc2c(ccc3cc4c(cc32)OCc2cc(-c3cnc(C5CCCN5C(=O)C(NC(=O)OC)c5ccccc5)[nH]3)ccc2-4)[nH]1)CNC(=O)C(NC(=O)OC)C(C)C. The number of carbonyl (C=O) groups is 4. The highest BCUT2D eigenvalue weighted by atomic mass is 16.5. The number of hydrogen-bond donors (Lipinski definition) is 5. The Kier molecular flexibility index (Phi) is 13.1. The van der Waals surface area contributed by atoms with Crippen molar-refractivity contribution in [1.29, 1.82) is 0 Å². The van der Waals surface area contributed by atoms with E-state index in [1.807, 2.05) is 57.2 Å². The lowest BCUT2D eigenvalue weighted by molar-refractivity contribution is -0.134. The summed E-state index contributed by atoms with van der Waals surface area (Å²) in [7, 11) is 2.55. The smallest absolute Gasteiger partial charge is 0.407 e. The van der Waals surface area contributed by atoms with Crippen LogP contribution in [0.4, 0.5) is 9.59 Å². The van der Waals surface area contributed by atoms with E-state index in [4.69, 9.17) is 28.9 Å². The Bertz CT molecular complexity index is 2660. The van der Waals surface area contributed by atoms with Gasteiger partial charge in [0.05, 0.1) is 49.3 Å². The van der Waals surface area contributed by atoms with Crippen LogP contribution in [0.25, 0.3) is 44.2 Å². The molecule has 0 radical (unpaired) electrons. The molecule has 0 spiro atoms. The molecule has 2 aliphatic rings. The van der Waals surface area contributed by atoms with Crippen LogP contribution in [-0.2, 0) is 36.8 Å². The van der Waals surface area contributed by atoms with Crippen LogP contribution in [0.3, 0.4) is 0 Å². The van der Waals surface area contributed by atoms with Crippen LogP contribution < -0.4 is 20.7 Å². The van der Waals surface area contributed by atoms with E-state index in [9.17, 15) is 19.2 Å². The van der Waals surface area contributed by atoms with Gasteiger partial charge >= 0.3 is 12.2 Å². The predicted molar refractivity (Wildman–Crippen MR) is 240 cm³/mol. The van der Waals surface area contributed by atoms with Crippen molar-refractivity contribution < 1.29 is 38.1 Å². The molecule has 4 aromatic carbocycles. The van der Waals surface area contributed by atoms with Crippen LogP contribution >= 0.6 is 0 Å². The molecule has 8 rings (SSSR count). The minimum absolute atomic E-state index is 0.132. The van der Waals surface area contributed by atoms with Gasteiger partial charge in [0.15, 0.2) is 0 Å². The summed E-state index contributed by atoms with van der Waals surface area (Å²) in [5.41, 5.74) is 7.34. The van der Waals surface area contributed by atoms with Crippen molar-refractivity contribution >= 4 is 45.8 Å². The normalized spacial score (nSPS) is 15.8. The first-order chi connectivity index (χ1) is 31.0. The molecule has 0 aliphatic carbocycles. The zero-order valence-electron chi connectivity index (χ0n) is 36.7. The highest BCUT2D eigenvalue weighted by Gasteiger charge is 2.37. The van der Waals surface area contributed by atoms with E-state index >= 15 is 0 Å². The van der Waals surface area contributed by atoms with Gasteiger partial charge in [0, 0.05) is 37.1 Å². The molecule has 4 heterocycles. The van der Waals surface area contributed by atoms with E-state index in [1.54, 1.807) is 11.1 Å². The number of aromatic amines is 2. The molecular weight excluding hydrogens is 817 g/mol. The largest absolute Gasteiger partial charge is 0.488 e. The summed E-state index contributed by atoms with van der Waals surface area (Å²) in [6.45, 7) is 7.33. The number of nitrogens with one attached hydrogen (secondary N) is 5. The molecule has 4 unspecified atom stereocenters. The number of benzene rings is 4. The number of hydrogen-bond acceptors (Lipinski definition) is 10. The quantitative estimate of drug-likeness (QED) is 0.0699. The van der Waals surface area contributed by atoms with Crippen LogP contribution in [0, 0.1) is 5.92 Å². The first kappa shape index (κ1) is 43.7. The molecule has 64 heavy (non-hydrogen) atoms. The van der Waals surface area contributed by atoms with E-state index in [-0.39, 0.29) is 36.4 Å². The Hall–Kier alpha value is -6.94. The minimum atomic E-state index is -0.894. The Balaban J connectivity index is 0.960. The Morgan fingerprint density at radius 1 is 0.938 bits per heavy atom. The van der Waals surface area contributed by atoms with Crippen molar-refractivity contribution in [3.63, 3.8) is 0 Å². The summed E-state index contributed by atoms with van der Waals surface area (Å²) in [6, 6.07) is 21.9. The number of likely N-dealkylation sites (tertiary alicyclic amines) is 1. The molecule has 5 N–H and O–H groups in total. The van der Waals surface area contributed by atoms with Gasteiger partial charge in [-0.05, 0) is 84.0 Å². The number of imidazole rings is 2. The van der Waals surface area contributed by atoms with Gasteiger partial charge < -0.3 is 49.8 Å². The second-order valence-electron chi connectivity index (χ2n) is 16.4. The Labute approximate surface area is 370 Å². The summed E-state index contributed by atoms with van der Waals surface area (Å²) in [4.78, 5) is 69.6. The number of H-pyrrole nitrogens is 2. The van der Waals surface area contributed by atoms with E-state index < -0.39 is 24.3 Å². The third kappa shape index (κ3) is 9.23. The van der Waals surface area contributed by atoms with Crippen molar-refractivity contribution in [2.45, 2.75) is 77.3 Å². The zero-order valence-corrected chi connectivity index (χ0v) is 36.7. The zero-order chi connectivity index (χ0) is 44.9. The monoisotopic (exact) mass is 870 g/mol. The number of fused-ring (bicyclic) bond motifs is 6. The number of aryl methyl sites for hydroxylation is 1. The second kappa shape index (κ2) is 19.2. The van der Waals surface area contributed by atoms with Crippen LogP contribution in [0.5, 0.6) is 5.75 Å². The molecule has 6 aromatic rings. The van der Waals surface area contributed by atoms with Crippen molar-refractivity contribution in [3.05, 3.63) is 102 Å². The van der Waals surface area contributed by atoms with E-state index in [0.717, 1.165) is 74.2 Å². The van der Waals surface area contributed by atoms with Gasteiger partial charge in [0.25, 0.3) is 5.91 Å². The number of nitrogens with zero attached hydrogens (tertiary/aromatic N) is 3. The first-order valence-electron chi connectivity index (χ1n) is 21.8. The fraction of sp³-hybridized carbons (Fsp3) is 0.375. The van der Waals surface area contributed by atoms with E-state index in [2.05, 4.69) is 62.3 Å². The topological polar surface area (TPSA) is 202 Å². The van der Waals surface area contributed by atoms with Gasteiger partial charge in [-0.25, -0.2) is 19.6 Å². The van der Waals surface area contributed by atoms with Crippen molar-refractivity contribution in [1.82, 2.24) is 40.8 Å². The second-order valence-corrected chi connectivity index (χ2v) is 16.4. The van der Waals surface area contributed by atoms with Crippen molar-refractivity contribution in [2.24, 2.45) is 5.92 Å². The lowest BCUT2D eigenvalue weighted by Gasteiger charge is -2.28.